The molecule has 0 radical (unpaired) electrons. The molecular formula is C19H12Cl2N2O4S. The molecule has 0 bridgehead atoms. The second kappa shape index (κ2) is 7.10. The smallest absolute Gasteiger partial charge is 0.266 e. The summed E-state index contributed by atoms with van der Waals surface area (Å²) in [6.07, 6.45) is 0. The Morgan fingerprint density at radius 1 is 0.893 bits per heavy atom. The zero-order chi connectivity index (χ0) is 19.9. The number of halogens is 2. The average molecular weight is 435 g/mol. The molecular weight excluding hydrogens is 423 g/mol. The van der Waals surface area contributed by atoms with Gasteiger partial charge in [0.1, 0.15) is 16.1 Å². The monoisotopic (exact) mass is 434 g/mol. The summed E-state index contributed by atoms with van der Waals surface area (Å²) >= 11 is 11.8. The van der Waals surface area contributed by atoms with E-state index < -0.39 is 15.9 Å². The minimum Gasteiger partial charge on any atom is -0.456 e. The lowest BCUT2D eigenvalue weighted by Crippen LogP contribution is -2.41. The molecule has 0 saturated carbocycles. The summed E-state index contributed by atoms with van der Waals surface area (Å²) < 4.78 is 30.5. The lowest BCUT2D eigenvalue weighted by Gasteiger charge is -2.10. The van der Waals surface area contributed by atoms with Gasteiger partial charge in [0.2, 0.25) is 0 Å². The van der Waals surface area contributed by atoms with Crippen LogP contribution in [0.2, 0.25) is 10.0 Å². The van der Waals surface area contributed by atoms with Crippen molar-refractivity contribution in [2.75, 3.05) is 0 Å². The van der Waals surface area contributed by atoms with E-state index in [-0.39, 0.29) is 20.5 Å². The Morgan fingerprint density at radius 2 is 1.64 bits per heavy atom. The van der Waals surface area contributed by atoms with E-state index in [2.05, 4.69) is 5.43 Å². The van der Waals surface area contributed by atoms with Gasteiger partial charge in [-0.05, 0) is 36.4 Å². The molecule has 1 heterocycles. The maximum absolute atomic E-state index is 12.4. The lowest BCUT2D eigenvalue weighted by molar-refractivity contribution is 0.0945. The SMILES string of the molecule is O=C(NNS(=O)(=O)c1cccc(Cl)c1Cl)c1ccc2oc3ccccc3c2c1. The second-order valence-electron chi connectivity index (χ2n) is 5.92. The van der Waals surface area contributed by atoms with Crippen molar-refractivity contribution in [2.45, 2.75) is 4.90 Å². The third kappa shape index (κ3) is 3.33. The van der Waals surface area contributed by atoms with E-state index in [0.717, 1.165) is 10.8 Å². The zero-order valence-corrected chi connectivity index (χ0v) is 16.4. The van der Waals surface area contributed by atoms with Crippen LogP contribution in [0.5, 0.6) is 0 Å². The van der Waals surface area contributed by atoms with Gasteiger partial charge in [-0.3, -0.25) is 10.2 Å². The normalized spacial score (nSPS) is 11.8. The van der Waals surface area contributed by atoms with Crippen molar-refractivity contribution in [3.05, 3.63) is 76.3 Å². The topological polar surface area (TPSA) is 88.4 Å². The Labute approximate surface area is 170 Å². The van der Waals surface area contributed by atoms with Crippen molar-refractivity contribution >= 4 is 61.1 Å². The van der Waals surface area contributed by atoms with E-state index in [1.54, 1.807) is 18.2 Å². The first-order chi connectivity index (χ1) is 13.4. The Hall–Kier alpha value is -2.58. The molecule has 0 aliphatic heterocycles. The molecule has 142 valence electrons. The minimum atomic E-state index is -4.10. The average Bonchev–Trinajstić information content (AvgIpc) is 3.06. The Morgan fingerprint density at radius 3 is 2.46 bits per heavy atom. The van der Waals surface area contributed by atoms with E-state index in [0.29, 0.717) is 11.2 Å². The highest BCUT2D eigenvalue weighted by atomic mass is 35.5. The van der Waals surface area contributed by atoms with Crippen LogP contribution in [0.25, 0.3) is 21.9 Å². The highest BCUT2D eigenvalue weighted by molar-refractivity contribution is 7.89. The number of benzene rings is 3. The summed E-state index contributed by atoms with van der Waals surface area (Å²) in [6, 6.07) is 16.5. The molecule has 1 amide bonds. The molecule has 2 N–H and O–H groups in total. The fourth-order valence-corrected chi connectivity index (χ4v) is 4.40. The molecule has 0 aliphatic rings. The lowest BCUT2D eigenvalue weighted by atomic mass is 10.1. The number of para-hydroxylation sites is 1. The van der Waals surface area contributed by atoms with Gasteiger partial charge < -0.3 is 4.42 Å². The largest absolute Gasteiger partial charge is 0.456 e. The third-order valence-electron chi connectivity index (χ3n) is 4.14. The summed E-state index contributed by atoms with van der Waals surface area (Å²) in [5.41, 5.74) is 3.77. The maximum atomic E-state index is 12.4. The number of nitrogens with one attached hydrogen (secondary N) is 2. The standard InChI is InChI=1S/C19H12Cl2N2O4S/c20-14-5-3-7-17(18(14)21)28(25,26)23-22-19(24)11-8-9-16-13(10-11)12-4-1-2-6-15(12)27-16/h1-10,23H,(H,22,24). The molecule has 0 saturated heterocycles. The van der Waals surface area contributed by atoms with Gasteiger partial charge in [0.15, 0.2) is 0 Å². The van der Waals surface area contributed by atoms with E-state index in [1.165, 1.54) is 18.2 Å². The zero-order valence-electron chi connectivity index (χ0n) is 14.1. The van der Waals surface area contributed by atoms with Gasteiger partial charge in [0.25, 0.3) is 15.9 Å². The van der Waals surface area contributed by atoms with Gasteiger partial charge >= 0.3 is 0 Å². The van der Waals surface area contributed by atoms with Crippen LogP contribution in [-0.4, -0.2) is 14.3 Å². The number of hydrazine groups is 1. The molecule has 0 fully saturated rings. The van der Waals surface area contributed by atoms with Crippen molar-refractivity contribution in [1.82, 2.24) is 10.3 Å². The second-order valence-corrected chi connectivity index (χ2v) is 8.36. The molecule has 9 heteroatoms. The Balaban J connectivity index is 1.60. The summed E-state index contributed by atoms with van der Waals surface area (Å²) in [6.45, 7) is 0. The van der Waals surface area contributed by atoms with E-state index in [9.17, 15) is 13.2 Å². The first-order valence-electron chi connectivity index (χ1n) is 8.04. The molecule has 0 atom stereocenters. The van der Waals surface area contributed by atoms with Crippen LogP contribution in [0.4, 0.5) is 0 Å². The number of hydrogen-bond donors (Lipinski definition) is 2. The Kier molecular flexibility index (Phi) is 4.76. The molecule has 6 nitrogen and oxygen atoms in total. The van der Waals surface area contributed by atoms with Crippen LogP contribution in [-0.2, 0) is 10.0 Å². The number of fused-ring (bicyclic) bond motifs is 3. The van der Waals surface area contributed by atoms with Crippen LogP contribution >= 0.6 is 23.2 Å². The highest BCUT2D eigenvalue weighted by Crippen LogP contribution is 2.30. The van der Waals surface area contributed by atoms with Crippen LogP contribution in [0.1, 0.15) is 10.4 Å². The van der Waals surface area contributed by atoms with Gasteiger partial charge in [0, 0.05) is 16.3 Å². The van der Waals surface area contributed by atoms with Crippen molar-refractivity contribution < 1.29 is 17.6 Å². The summed E-state index contributed by atoms with van der Waals surface area (Å²) in [5.74, 6) is -0.631. The van der Waals surface area contributed by atoms with Crippen molar-refractivity contribution in [1.29, 1.82) is 0 Å². The number of amides is 1. The fourth-order valence-electron chi connectivity index (χ4n) is 2.80. The molecule has 1 aromatic heterocycles. The van der Waals surface area contributed by atoms with Crippen molar-refractivity contribution in [3.8, 4) is 0 Å². The van der Waals surface area contributed by atoms with Gasteiger partial charge in [0.05, 0.1) is 10.0 Å². The van der Waals surface area contributed by atoms with Gasteiger partial charge in [-0.15, -0.1) is 4.83 Å². The fraction of sp³-hybridized carbons (Fsp3) is 0. The van der Waals surface area contributed by atoms with Gasteiger partial charge in [-0.1, -0.05) is 47.5 Å². The van der Waals surface area contributed by atoms with Crippen LogP contribution in [0.15, 0.2) is 70.0 Å². The molecule has 3 aromatic carbocycles. The van der Waals surface area contributed by atoms with E-state index >= 15 is 0 Å². The maximum Gasteiger partial charge on any atom is 0.266 e. The van der Waals surface area contributed by atoms with Crippen LogP contribution < -0.4 is 10.3 Å². The third-order valence-corrected chi connectivity index (χ3v) is 6.36. The summed E-state index contributed by atoms with van der Waals surface area (Å²) in [7, 11) is -4.10. The number of rotatable bonds is 4. The van der Waals surface area contributed by atoms with E-state index in [4.69, 9.17) is 27.6 Å². The number of sulfonamides is 1. The molecule has 0 unspecified atom stereocenters. The molecule has 4 aromatic rings. The van der Waals surface area contributed by atoms with Crippen LogP contribution in [0.3, 0.4) is 0 Å². The van der Waals surface area contributed by atoms with Gasteiger partial charge in [-0.2, -0.15) is 0 Å². The van der Waals surface area contributed by atoms with E-state index in [1.807, 2.05) is 29.1 Å². The van der Waals surface area contributed by atoms with Crippen molar-refractivity contribution in [3.63, 3.8) is 0 Å². The first kappa shape index (κ1) is 18.8. The molecule has 28 heavy (non-hydrogen) atoms. The Bertz CT molecular complexity index is 1330. The summed E-state index contributed by atoms with van der Waals surface area (Å²) in [5, 5.41) is 1.58. The molecule has 0 aliphatic carbocycles. The molecule has 4 rings (SSSR count). The number of hydrogen-bond acceptors (Lipinski definition) is 4. The summed E-state index contributed by atoms with van der Waals surface area (Å²) in [4.78, 5) is 14.2. The quantitative estimate of drug-likeness (QED) is 0.462. The molecule has 0 spiro atoms. The van der Waals surface area contributed by atoms with Crippen LogP contribution in [0, 0.1) is 0 Å². The van der Waals surface area contributed by atoms with Crippen molar-refractivity contribution in [2.24, 2.45) is 0 Å². The number of carbonyl (C=O) groups excluding carboxylic acids is 1. The minimum absolute atomic E-state index is 0.0909. The highest BCUT2D eigenvalue weighted by Gasteiger charge is 2.21. The number of carbonyl (C=O) groups is 1. The predicted octanol–water partition coefficient (Wildman–Crippen LogP) is 4.52. The number of furan rings is 1. The van der Waals surface area contributed by atoms with Gasteiger partial charge in [-0.25, -0.2) is 8.42 Å². The predicted molar refractivity (Wildman–Crippen MR) is 108 cm³/mol. The first-order valence-corrected chi connectivity index (χ1v) is 10.3.